The Morgan fingerprint density at radius 1 is 0.889 bits per heavy atom. The highest BCUT2D eigenvalue weighted by molar-refractivity contribution is 6.05. The van der Waals surface area contributed by atoms with Crippen LogP contribution in [0.5, 0.6) is 0 Å². The molecule has 0 bridgehead atoms. The fraction of sp³-hybridized carbons (Fsp3) is 0.0952. The fourth-order valence-corrected chi connectivity index (χ4v) is 2.54. The number of nitrogens with one attached hydrogen (secondary N) is 3. The Morgan fingerprint density at radius 3 is 2.30 bits per heavy atom. The smallest absolute Gasteiger partial charge is 0.255 e. The van der Waals surface area contributed by atoms with Crippen LogP contribution in [-0.2, 0) is 4.79 Å². The summed E-state index contributed by atoms with van der Waals surface area (Å²) in [4.78, 5) is 27.8. The van der Waals surface area contributed by atoms with Gasteiger partial charge >= 0.3 is 0 Å². The number of benzene rings is 2. The van der Waals surface area contributed by atoms with Crippen LogP contribution in [0, 0.1) is 6.92 Å². The summed E-state index contributed by atoms with van der Waals surface area (Å²) in [7, 11) is 0. The molecule has 1 aromatic heterocycles. The molecule has 27 heavy (non-hydrogen) atoms. The summed E-state index contributed by atoms with van der Waals surface area (Å²) in [6.07, 6.45) is 1.58. The third-order valence-corrected chi connectivity index (χ3v) is 3.89. The maximum Gasteiger partial charge on any atom is 0.255 e. The molecule has 3 N–H and O–H groups in total. The monoisotopic (exact) mass is 360 g/mol. The minimum Gasteiger partial charge on any atom is -0.340 e. The van der Waals surface area contributed by atoms with Crippen LogP contribution in [0.2, 0.25) is 0 Å². The van der Waals surface area contributed by atoms with Crippen LogP contribution >= 0.6 is 0 Å². The Balaban J connectivity index is 1.70. The number of para-hydroxylation sites is 1. The minimum absolute atomic E-state index is 0.121. The Morgan fingerprint density at radius 2 is 1.59 bits per heavy atom. The lowest BCUT2D eigenvalue weighted by Crippen LogP contribution is -2.13. The topological polar surface area (TPSA) is 83.1 Å². The summed E-state index contributed by atoms with van der Waals surface area (Å²) in [6.45, 7) is 3.41. The Hall–Kier alpha value is -3.67. The van der Waals surface area contributed by atoms with E-state index in [1.165, 1.54) is 6.92 Å². The number of rotatable bonds is 5. The van der Waals surface area contributed by atoms with Crippen LogP contribution < -0.4 is 16.0 Å². The molecule has 0 aliphatic carbocycles. The molecule has 2 amide bonds. The lowest BCUT2D eigenvalue weighted by atomic mass is 10.2. The van der Waals surface area contributed by atoms with Crippen molar-refractivity contribution in [2.45, 2.75) is 13.8 Å². The van der Waals surface area contributed by atoms with Crippen molar-refractivity contribution in [2.75, 3.05) is 16.0 Å². The largest absolute Gasteiger partial charge is 0.340 e. The molecule has 2 aromatic carbocycles. The highest BCUT2D eigenvalue weighted by Gasteiger charge is 2.09. The number of anilines is 4. The van der Waals surface area contributed by atoms with E-state index in [4.69, 9.17) is 0 Å². The van der Waals surface area contributed by atoms with Gasteiger partial charge in [0.1, 0.15) is 5.82 Å². The molecule has 0 saturated carbocycles. The zero-order valence-corrected chi connectivity index (χ0v) is 15.1. The van der Waals surface area contributed by atoms with Crippen LogP contribution in [0.25, 0.3) is 0 Å². The number of amides is 2. The van der Waals surface area contributed by atoms with Gasteiger partial charge in [-0.2, -0.15) is 0 Å². The molecule has 0 atom stereocenters. The molecule has 0 aliphatic rings. The number of carbonyl (C=O) groups is 2. The van der Waals surface area contributed by atoms with Crippen LogP contribution in [-0.4, -0.2) is 16.8 Å². The van der Waals surface area contributed by atoms with E-state index in [0.717, 1.165) is 16.9 Å². The number of nitrogens with zero attached hydrogens (tertiary/aromatic N) is 1. The molecule has 6 nitrogen and oxygen atoms in total. The molecule has 0 spiro atoms. The molecule has 0 saturated heterocycles. The predicted molar refractivity (Wildman–Crippen MR) is 107 cm³/mol. The molecular weight excluding hydrogens is 340 g/mol. The zero-order valence-electron chi connectivity index (χ0n) is 15.1. The van der Waals surface area contributed by atoms with Crippen molar-refractivity contribution in [3.05, 3.63) is 78.0 Å². The second-order valence-corrected chi connectivity index (χ2v) is 6.08. The van der Waals surface area contributed by atoms with E-state index in [2.05, 4.69) is 20.9 Å². The van der Waals surface area contributed by atoms with Gasteiger partial charge in [-0.05, 0) is 55.0 Å². The molecular formula is C21H20N4O2. The van der Waals surface area contributed by atoms with Gasteiger partial charge in [0.25, 0.3) is 5.91 Å². The lowest BCUT2D eigenvalue weighted by Gasteiger charge is -2.10. The Kier molecular flexibility index (Phi) is 5.47. The first kappa shape index (κ1) is 18.1. The first-order chi connectivity index (χ1) is 13.0. The van der Waals surface area contributed by atoms with Gasteiger partial charge in [0.15, 0.2) is 0 Å². The van der Waals surface area contributed by atoms with Crippen molar-refractivity contribution >= 4 is 34.7 Å². The van der Waals surface area contributed by atoms with Crippen molar-refractivity contribution in [2.24, 2.45) is 0 Å². The summed E-state index contributed by atoms with van der Waals surface area (Å²) in [6, 6.07) is 18.2. The van der Waals surface area contributed by atoms with Gasteiger partial charge in [0.2, 0.25) is 5.91 Å². The van der Waals surface area contributed by atoms with Gasteiger partial charge in [0.05, 0.1) is 0 Å². The summed E-state index contributed by atoms with van der Waals surface area (Å²) in [5, 5.41) is 8.77. The van der Waals surface area contributed by atoms with E-state index < -0.39 is 0 Å². The second kappa shape index (κ2) is 8.14. The van der Waals surface area contributed by atoms with Gasteiger partial charge in [0, 0.05) is 35.7 Å². The zero-order chi connectivity index (χ0) is 19.2. The summed E-state index contributed by atoms with van der Waals surface area (Å²) in [5.74, 6) is 0.236. The maximum absolute atomic E-state index is 12.5. The van der Waals surface area contributed by atoms with E-state index in [1.54, 1.807) is 30.5 Å². The molecule has 1 heterocycles. The molecule has 3 aromatic rings. The van der Waals surface area contributed by atoms with Crippen molar-refractivity contribution in [3.63, 3.8) is 0 Å². The van der Waals surface area contributed by atoms with Crippen LogP contribution in [0.3, 0.4) is 0 Å². The summed E-state index contributed by atoms with van der Waals surface area (Å²) < 4.78 is 0. The van der Waals surface area contributed by atoms with Gasteiger partial charge in [-0.1, -0.05) is 18.2 Å². The first-order valence-corrected chi connectivity index (χ1v) is 8.49. The second-order valence-electron chi connectivity index (χ2n) is 6.08. The number of hydrogen-bond acceptors (Lipinski definition) is 4. The van der Waals surface area contributed by atoms with Crippen LogP contribution in [0.4, 0.5) is 22.9 Å². The van der Waals surface area contributed by atoms with E-state index >= 15 is 0 Å². The first-order valence-electron chi connectivity index (χ1n) is 8.49. The maximum atomic E-state index is 12.5. The molecule has 136 valence electrons. The van der Waals surface area contributed by atoms with E-state index in [0.29, 0.717) is 17.1 Å². The highest BCUT2D eigenvalue weighted by atomic mass is 16.2. The third kappa shape index (κ3) is 4.92. The number of aryl methyl sites for hydroxylation is 1. The van der Waals surface area contributed by atoms with Crippen LogP contribution in [0.1, 0.15) is 22.8 Å². The number of carbonyl (C=O) groups excluding carboxylic acids is 2. The number of aromatic nitrogens is 1. The molecule has 0 aliphatic heterocycles. The average Bonchev–Trinajstić information content (AvgIpc) is 2.65. The van der Waals surface area contributed by atoms with Crippen molar-refractivity contribution in [3.8, 4) is 0 Å². The molecule has 6 heteroatoms. The standard InChI is InChI=1S/C21H20N4O2/c1-14-5-3-4-6-19(14)25-21(27)16-11-12-22-20(13-16)24-18-9-7-17(8-10-18)23-15(2)26/h3-13H,1-2H3,(H,22,24)(H,23,26)(H,25,27). The molecule has 0 unspecified atom stereocenters. The average molecular weight is 360 g/mol. The van der Waals surface area contributed by atoms with Gasteiger partial charge < -0.3 is 16.0 Å². The van der Waals surface area contributed by atoms with E-state index in [-0.39, 0.29) is 11.8 Å². The van der Waals surface area contributed by atoms with Gasteiger partial charge in [-0.15, -0.1) is 0 Å². The Labute approximate surface area is 157 Å². The van der Waals surface area contributed by atoms with Crippen molar-refractivity contribution in [1.82, 2.24) is 4.98 Å². The molecule has 3 rings (SSSR count). The van der Waals surface area contributed by atoms with E-state index in [9.17, 15) is 9.59 Å². The summed E-state index contributed by atoms with van der Waals surface area (Å²) in [5.41, 5.74) is 3.80. The SMILES string of the molecule is CC(=O)Nc1ccc(Nc2cc(C(=O)Nc3ccccc3C)ccn2)cc1. The lowest BCUT2D eigenvalue weighted by molar-refractivity contribution is -0.114. The minimum atomic E-state index is -0.198. The highest BCUT2D eigenvalue weighted by Crippen LogP contribution is 2.19. The summed E-state index contributed by atoms with van der Waals surface area (Å²) >= 11 is 0. The third-order valence-electron chi connectivity index (χ3n) is 3.89. The van der Waals surface area contributed by atoms with Crippen LogP contribution in [0.15, 0.2) is 66.9 Å². The van der Waals surface area contributed by atoms with Crippen molar-refractivity contribution < 1.29 is 9.59 Å². The molecule has 0 fully saturated rings. The quantitative estimate of drug-likeness (QED) is 0.632. The Bertz CT molecular complexity index is 968. The molecule has 0 radical (unpaired) electrons. The fourth-order valence-electron chi connectivity index (χ4n) is 2.54. The number of pyridine rings is 1. The van der Waals surface area contributed by atoms with Crippen molar-refractivity contribution in [1.29, 1.82) is 0 Å². The van der Waals surface area contributed by atoms with Gasteiger partial charge in [-0.3, -0.25) is 9.59 Å². The van der Waals surface area contributed by atoms with E-state index in [1.807, 2.05) is 43.3 Å². The van der Waals surface area contributed by atoms with Gasteiger partial charge in [-0.25, -0.2) is 4.98 Å². The predicted octanol–water partition coefficient (Wildman–Crippen LogP) is 4.34. The number of hydrogen-bond donors (Lipinski definition) is 3. The normalized spacial score (nSPS) is 10.1.